The molecular weight excluding hydrogens is 270 g/mol. The molecule has 1 aromatic carbocycles. The molecular formula is C16H21NO4. The van der Waals surface area contributed by atoms with E-state index in [1.54, 1.807) is 0 Å². The van der Waals surface area contributed by atoms with Crippen molar-refractivity contribution in [1.29, 1.82) is 0 Å². The van der Waals surface area contributed by atoms with Crippen LogP contribution in [0.2, 0.25) is 0 Å². The number of hydrogen-bond donors (Lipinski definition) is 1. The van der Waals surface area contributed by atoms with Crippen molar-refractivity contribution in [2.24, 2.45) is 0 Å². The van der Waals surface area contributed by atoms with Crippen LogP contribution in [-0.2, 0) is 9.53 Å². The van der Waals surface area contributed by atoms with Gasteiger partial charge in [0.1, 0.15) is 5.60 Å². The summed E-state index contributed by atoms with van der Waals surface area (Å²) in [5.41, 5.74) is 2.13. The second kappa shape index (κ2) is 5.39. The number of carboxylic acid groups (broad SMARTS) is 1. The number of aliphatic carboxylic acids is 1. The Hall–Kier alpha value is -2.04. The fourth-order valence-corrected chi connectivity index (χ4v) is 2.54. The van der Waals surface area contributed by atoms with Crippen molar-refractivity contribution in [1.82, 2.24) is 0 Å². The van der Waals surface area contributed by atoms with Crippen molar-refractivity contribution in [3.8, 4) is 0 Å². The maximum atomic E-state index is 12.3. The predicted molar refractivity (Wildman–Crippen MR) is 79.8 cm³/mol. The highest BCUT2D eigenvalue weighted by Gasteiger charge is 2.35. The first-order chi connectivity index (χ1) is 9.67. The molecule has 0 saturated carbocycles. The van der Waals surface area contributed by atoms with Crippen LogP contribution in [0, 0.1) is 6.92 Å². The molecule has 0 radical (unpaired) electrons. The van der Waals surface area contributed by atoms with Gasteiger partial charge in [-0.05, 0) is 39.3 Å². The monoisotopic (exact) mass is 291 g/mol. The van der Waals surface area contributed by atoms with Gasteiger partial charge in [0.2, 0.25) is 0 Å². The number of ether oxygens (including phenoxy) is 1. The minimum atomic E-state index is -0.863. The minimum absolute atomic E-state index is 0.00967. The van der Waals surface area contributed by atoms with E-state index in [0.717, 1.165) is 16.8 Å². The third-order valence-corrected chi connectivity index (χ3v) is 3.35. The summed E-state index contributed by atoms with van der Waals surface area (Å²) in [4.78, 5) is 24.9. The maximum absolute atomic E-state index is 12.3. The van der Waals surface area contributed by atoms with Gasteiger partial charge in [0.05, 0.1) is 12.1 Å². The van der Waals surface area contributed by atoms with E-state index in [4.69, 9.17) is 9.84 Å². The number of rotatable bonds is 2. The lowest BCUT2D eigenvalue weighted by atomic mass is 9.96. The lowest BCUT2D eigenvalue weighted by molar-refractivity contribution is -0.137. The molecule has 1 aliphatic rings. The van der Waals surface area contributed by atoms with Crippen LogP contribution in [0.15, 0.2) is 18.2 Å². The van der Waals surface area contributed by atoms with Gasteiger partial charge in [-0.15, -0.1) is 0 Å². The molecule has 1 aromatic rings. The van der Waals surface area contributed by atoms with Gasteiger partial charge in [0, 0.05) is 12.5 Å². The Labute approximate surface area is 124 Å². The zero-order valence-corrected chi connectivity index (χ0v) is 12.8. The molecule has 0 saturated heterocycles. The van der Waals surface area contributed by atoms with Crippen molar-refractivity contribution in [2.45, 2.75) is 45.6 Å². The van der Waals surface area contributed by atoms with E-state index < -0.39 is 17.7 Å². The first kappa shape index (κ1) is 15.4. The third-order valence-electron chi connectivity index (χ3n) is 3.35. The van der Waals surface area contributed by atoms with E-state index in [9.17, 15) is 9.59 Å². The Morgan fingerprint density at radius 2 is 2.05 bits per heavy atom. The zero-order chi connectivity index (χ0) is 15.8. The van der Waals surface area contributed by atoms with Crippen LogP contribution in [0.1, 0.15) is 44.2 Å². The first-order valence-corrected chi connectivity index (χ1v) is 7.00. The number of fused-ring (bicyclic) bond motifs is 1. The zero-order valence-electron chi connectivity index (χ0n) is 12.8. The molecule has 0 spiro atoms. The number of benzene rings is 1. The molecule has 1 aliphatic heterocycles. The van der Waals surface area contributed by atoms with Crippen molar-refractivity contribution in [3.63, 3.8) is 0 Å². The number of aryl methyl sites for hydroxylation is 1. The minimum Gasteiger partial charge on any atom is -0.481 e. The highest BCUT2D eigenvalue weighted by molar-refractivity contribution is 5.91. The van der Waals surface area contributed by atoms with Crippen molar-refractivity contribution >= 4 is 17.7 Å². The number of carboxylic acids is 1. The standard InChI is InChI=1S/C16H21NO4/c1-10-5-6-13-12(7-10)11(8-14(18)19)9-17(13)15(20)21-16(2,3)4/h5-7,11H,8-9H2,1-4H3,(H,18,19). The summed E-state index contributed by atoms with van der Waals surface area (Å²) in [6, 6.07) is 5.73. The number of nitrogens with zero attached hydrogens (tertiary/aromatic N) is 1. The smallest absolute Gasteiger partial charge is 0.414 e. The molecule has 21 heavy (non-hydrogen) atoms. The Kier molecular flexibility index (Phi) is 3.94. The number of carbonyl (C=O) groups is 2. The van der Waals surface area contributed by atoms with Gasteiger partial charge >= 0.3 is 12.1 Å². The summed E-state index contributed by atoms with van der Waals surface area (Å²) < 4.78 is 5.40. The molecule has 0 bridgehead atoms. The van der Waals surface area contributed by atoms with Crippen molar-refractivity contribution in [3.05, 3.63) is 29.3 Å². The first-order valence-electron chi connectivity index (χ1n) is 7.00. The topological polar surface area (TPSA) is 66.8 Å². The molecule has 1 N–H and O–H groups in total. The molecule has 1 atom stereocenters. The number of hydrogen-bond acceptors (Lipinski definition) is 3. The largest absolute Gasteiger partial charge is 0.481 e. The SMILES string of the molecule is Cc1ccc2c(c1)C(CC(=O)O)CN2C(=O)OC(C)(C)C. The summed E-state index contributed by atoms with van der Waals surface area (Å²) in [6.45, 7) is 7.73. The van der Waals surface area contributed by atoms with Crippen LogP contribution in [0.3, 0.4) is 0 Å². The summed E-state index contributed by atoms with van der Waals surface area (Å²) in [5.74, 6) is -1.05. The van der Waals surface area contributed by atoms with Crippen LogP contribution in [-0.4, -0.2) is 29.3 Å². The van der Waals surface area contributed by atoms with E-state index in [2.05, 4.69) is 0 Å². The molecule has 1 unspecified atom stereocenters. The molecule has 0 aliphatic carbocycles. The van der Waals surface area contributed by atoms with E-state index in [1.807, 2.05) is 45.9 Å². The predicted octanol–water partition coefficient (Wildman–Crippen LogP) is 3.31. The van der Waals surface area contributed by atoms with Crippen LogP contribution in [0.25, 0.3) is 0 Å². The number of anilines is 1. The summed E-state index contributed by atoms with van der Waals surface area (Å²) >= 11 is 0. The molecule has 5 nitrogen and oxygen atoms in total. The molecule has 1 amide bonds. The van der Waals surface area contributed by atoms with Gasteiger partial charge in [0.15, 0.2) is 0 Å². The second-order valence-electron chi connectivity index (χ2n) is 6.45. The lowest BCUT2D eigenvalue weighted by Crippen LogP contribution is -2.36. The normalized spacial score (nSPS) is 17.5. The quantitative estimate of drug-likeness (QED) is 0.907. The van der Waals surface area contributed by atoms with Gasteiger partial charge in [0.25, 0.3) is 0 Å². The van der Waals surface area contributed by atoms with Crippen molar-refractivity contribution < 1.29 is 19.4 Å². The van der Waals surface area contributed by atoms with Crippen LogP contribution >= 0.6 is 0 Å². The van der Waals surface area contributed by atoms with Gasteiger partial charge in [-0.3, -0.25) is 9.69 Å². The fraction of sp³-hybridized carbons (Fsp3) is 0.500. The maximum Gasteiger partial charge on any atom is 0.414 e. The summed E-state index contributed by atoms with van der Waals surface area (Å²) in [5, 5.41) is 9.05. The molecule has 1 heterocycles. The van der Waals surface area contributed by atoms with Gasteiger partial charge in [-0.2, -0.15) is 0 Å². The van der Waals surface area contributed by atoms with Crippen LogP contribution in [0.5, 0.6) is 0 Å². The average molecular weight is 291 g/mol. The second-order valence-corrected chi connectivity index (χ2v) is 6.45. The van der Waals surface area contributed by atoms with Gasteiger partial charge in [-0.25, -0.2) is 4.79 Å². The lowest BCUT2D eigenvalue weighted by Gasteiger charge is -2.25. The third kappa shape index (κ3) is 3.54. The fourth-order valence-electron chi connectivity index (χ4n) is 2.54. The number of carbonyl (C=O) groups excluding carboxylic acids is 1. The molecule has 2 rings (SSSR count). The Bertz CT molecular complexity index is 574. The average Bonchev–Trinajstić information content (AvgIpc) is 2.65. The highest BCUT2D eigenvalue weighted by atomic mass is 16.6. The van der Waals surface area contributed by atoms with Gasteiger partial charge in [-0.1, -0.05) is 17.7 Å². The molecule has 0 aromatic heterocycles. The van der Waals surface area contributed by atoms with E-state index >= 15 is 0 Å². The Morgan fingerprint density at radius 3 is 2.62 bits per heavy atom. The summed E-state index contributed by atoms with van der Waals surface area (Å²) in [7, 11) is 0. The van der Waals surface area contributed by atoms with Crippen molar-refractivity contribution in [2.75, 3.05) is 11.4 Å². The Balaban J connectivity index is 2.31. The van der Waals surface area contributed by atoms with Gasteiger partial charge < -0.3 is 9.84 Å². The number of amides is 1. The molecule has 5 heteroatoms. The van der Waals surface area contributed by atoms with Crippen LogP contribution < -0.4 is 4.90 Å². The van der Waals surface area contributed by atoms with E-state index in [1.165, 1.54) is 4.90 Å². The molecule has 114 valence electrons. The molecule has 0 fully saturated rings. The highest BCUT2D eigenvalue weighted by Crippen LogP contribution is 2.39. The van der Waals surface area contributed by atoms with Crippen LogP contribution in [0.4, 0.5) is 10.5 Å². The summed E-state index contributed by atoms with van der Waals surface area (Å²) in [6.07, 6.45) is -0.420. The van der Waals surface area contributed by atoms with E-state index in [-0.39, 0.29) is 12.3 Å². The van der Waals surface area contributed by atoms with E-state index in [0.29, 0.717) is 6.54 Å². The Morgan fingerprint density at radius 1 is 1.38 bits per heavy atom.